The maximum absolute atomic E-state index is 13.2. The molecule has 55 heavy (non-hydrogen) atoms. The first-order valence-corrected chi connectivity index (χ1v) is 18.6. The number of unbranched alkanes of at least 4 members (excludes halogenated alkanes) is 1. The number of aromatic amines is 1. The Hall–Kier alpha value is -5.70. The van der Waals surface area contributed by atoms with Crippen molar-refractivity contribution in [2.75, 3.05) is 39.3 Å². The maximum Gasteiger partial charge on any atom is 0.408 e. The van der Waals surface area contributed by atoms with E-state index in [1.165, 1.54) is 18.4 Å². The molecular formula is C41H45N5O9. The van der Waals surface area contributed by atoms with E-state index in [0.29, 0.717) is 42.0 Å². The first-order chi connectivity index (χ1) is 26.8. The van der Waals surface area contributed by atoms with E-state index in [2.05, 4.69) is 25.5 Å². The van der Waals surface area contributed by atoms with Gasteiger partial charge in [0.05, 0.1) is 24.3 Å². The van der Waals surface area contributed by atoms with Crippen molar-refractivity contribution >= 4 is 23.0 Å². The fourth-order valence-electron chi connectivity index (χ4n) is 7.23. The zero-order valence-electron chi connectivity index (χ0n) is 30.3. The summed E-state index contributed by atoms with van der Waals surface area (Å²) in [5.41, 5.74) is 2.26. The van der Waals surface area contributed by atoms with Crippen LogP contribution < -0.4 is 20.9 Å². The molecule has 0 spiro atoms. The van der Waals surface area contributed by atoms with Gasteiger partial charge in [-0.05, 0) is 92.2 Å². The lowest BCUT2D eigenvalue weighted by atomic mass is 9.86. The van der Waals surface area contributed by atoms with E-state index >= 15 is 0 Å². The standard InChI is InChI=1S/C41H45N5O9/c47-33-13-11-30(31-12-14-36(49)44-39(31)33)34(48)22-42-17-4-5-20-52-40(50)32-24-54-37(43-32)25-53-29-10-6-9-28(21-29)38(27-7-2-1-3-8-27)45-41(51)55-35-23-46-18-15-26(35)16-19-46/h1-3,6-14,21,24,26,34-35,38,42,47-48H,4-5,15-20,22-23,25H2,(H,44,49)(H,45,51)/t34-,35+,38?/m1/s1. The summed E-state index contributed by atoms with van der Waals surface area (Å²) >= 11 is 0. The van der Waals surface area contributed by atoms with Crippen molar-refractivity contribution in [3.8, 4) is 11.5 Å². The quantitative estimate of drug-likeness (QED) is 0.0674. The number of amides is 1. The molecular weight excluding hydrogens is 706 g/mol. The van der Waals surface area contributed by atoms with Gasteiger partial charge in [-0.25, -0.2) is 14.6 Å². The Bertz CT molecular complexity index is 2130. The van der Waals surface area contributed by atoms with E-state index in [4.69, 9.17) is 18.6 Å². The fraction of sp³-hybridized carbons (Fsp3) is 0.366. The van der Waals surface area contributed by atoms with Gasteiger partial charge in [-0.2, -0.15) is 0 Å². The molecule has 2 bridgehead atoms. The predicted octanol–water partition coefficient (Wildman–Crippen LogP) is 4.97. The summed E-state index contributed by atoms with van der Waals surface area (Å²) in [4.78, 5) is 46.6. The van der Waals surface area contributed by atoms with Crippen molar-refractivity contribution in [3.63, 3.8) is 0 Å². The number of aromatic hydroxyl groups is 1. The highest BCUT2D eigenvalue weighted by molar-refractivity contribution is 5.87. The van der Waals surface area contributed by atoms with Crippen LogP contribution >= 0.6 is 0 Å². The van der Waals surface area contributed by atoms with E-state index < -0.39 is 24.2 Å². The third-order valence-electron chi connectivity index (χ3n) is 10.1. The summed E-state index contributed by atoms with van der Waals surface area (Å²) < 4.78 is 22.8. The SMILES string of the molecule is O=C(NC(c1ccccc1)c1cccc(OCc2nc(C(=O)OCCCCNC[C@@H](O)c3ccc(O)c4[nH]c(=O)ccc34)co2)c1)O[C@H]1CN2CCC1CC2. The number of H-pyrrole nitrogens is 1. The highest BCUT2D eigenvalue weighted by Crippen LogP contribution is 2.31. The average Bonchev–Trinajstić information content (AvgIpc) is 3.69. The fourth-order valence-corrected chi connectivity index (χ4v) is 7.23. The molecule has 3 aliphatic rings. The molecule has 5 heterocycles. The molecule has 14 heteroatoms. The molecule has 0 saturated carbocycles. The van der Waals surface area contributed by atoms with Crippen molar-refractivity contribution in [2.24, 2.45) is 5.92 Å². The van der Waals surface area contributed by atoms with Crippen LogP contribution in [0.5, 0.6) is 11.5 Å². The third-order valence-corrected chi connectivity index (χ3v) is 10.1. The normalized spacial score (nSPS) is 18.7. The van der Waals surface area contributed by atoms with Gasteiger partial charge in [0.1, 0.15) is 23.9 Å². The number of carbonyl (C=O) groups is 2. The van der Waals surface area contributed by atoms with E-state index in [1.807, 2.05) is 48.5 Å². The van der Waals surface area contributed by atoms with E-state index in [1.54, 1.807) is 18.2 Å². The van der Waals surface area contributed by atoms with Gasteiger partial charge < -0.3 is 44.5 Å². The number of carbonyl (C=O) groups excluding carboxylic acids is 2. The number of aromatic nitrogens is 2. The Morgan fingerprint density at radius 1 is 1.00 bits per heavy atom. The Morgan fingerprint density at radius 3 is 2.62 bits per heavy atom. The van der Waals surface area contributed by atoms with Crippen LogP contribution in [0.4, 0.5) is 4.79 Å². The first kappa shape index (κ1) is 37.6. The first-order valence-electron chi connectivity index (χ1n) is 18.6. The zero-order chi connectivity index (χ0) is 38.1. The number of aliphatic hydroxyl groups excluding tert-OH is 1. The number of hydrogen-bond acceptors (Lipinski definition) is 12. The monoisotopic (exact) mass is 751 g/mol. The number of phenols is 1. The molecule has 3 saturated heterocycles. The van der Waals surface area contributed by atoms with Gasteiger partial charge in [-0.3, -0.25) is 9.69 Å². The molecule has 3 aromatic carbocycles. The molecule has 0 radical (unpaired) electrons. The zero-order valence-corrected chi connectivity index (χ0v) is 30.3. The van der Waals surface area contributed by atoms with Crippen molar-refractivity contribution in [1.29, 1.82) is 0 Å². The number of fused-ring (bicyclic) bond motifs is 4. The number of oxazole rings is 1. The third kappa shape index (κ3) is 9.52. The number of alkyl carbamates (subject to hydrolysis) is 1. The van der Waals surface area contributed by atoms with Crippen LogP contribution in [0.2, 0.25) is 0 Å². The van der Waals surface area contributed by atoms with Gasteiger partial charge >= 0.3 is 12.1 Å². The number of benzene rings is 3. The molecule has 8 rings (SSSR count). The van der Waals surface area contributed by atoms with Gasteiger partial charge in [-0.15, -0.1) is 0 Å². The molecule has 0 aliphatic carbocycles. The minimum Gasteiger partial charge on any atom is -0.506 e. The van der Waals surface area contributed by atoms with Crippen molar-refractivity contribution in [3.05, 3.63) is 124 Å². The Balaban J connectivity index is 0.849. The van der Waals surface area contributed by atoms with Crippen molar-refractivity contribution < 1.29 is 38.4 Å². The van der Waals surface area contributed by atoms with Crippen LogP contribution in [0.15, 0.2) is 94.3 Å². The lowest BCUT2D eigenvalue weighted by Gasteiger charge is -2.43. The van der Waals surface area contributed by atoms with Gasteiger partial charge in [-0.1, -0.05) is 48.5 Å². The topological polar surface area (TPSA) is 188 Å². The van der Waals surface area contributed by atoms with Gasteiger partial charge in [0.25, 0.3) is 0 Å². The Labute approximate surface area is 317 Å². The van der Waals surface area contributed by atoms with Crippen LogP contribution in [0.3, 0.4) is 0 Å². The number of ether oxygens (including phenoxy) is 3. The predicted molar refractivity (Wildman–Crippen MR) is 202 cm³/mol. The molecule has 1 amide bonds. The van der Waals surface area contributed by atoms with Crippen molar-refractivity contribution in [1.82, 2.24) is 25.5 Å². The Morgan fingerprint density at radius 2 is 1.82 bits per heavy atom. The second kappa shape index (κ2) is 17.6. The minimum atomic E-state index is -0.861. The molecule has 3 atom stereocenters. The van der Waals surface area contributed by atoms with Crippen molar-refractivity contribution in [2.45, 2.75) is 50.5 Å². The number of hydrogen-bond donors (Lipinski definition) is 5. The summed E-state index contributed by atoms with van der Waals surface area (Å²) in [5, 5.41) is 27.6. The van der Waals surface area contributed by atoms with Crippen LogP contribution in [0, 0.1) is 5.92 Å². The molecule has 1 unspecified atom stereocenters. The van der Waals surface area contributed by atoms with Crippen LogP contribution in [-0.4, -0.2) is 82.6 Å². The number of rotatable bonds is 16. The lowest BCUT2D eigenvalue weighted by molar-refractivity contribution is -0.0336. The molecule has 5 aromatic rings. The van der Waals surface area contributed by atoms with E-state index in [-0.39, 0.29) is 54.3 Å². The summed E-state index contributed by atoms with van der Waals surface area (Å²) in [6.45, 7) is 3.87. The molecule has 3 fully saturated rings. The average molecular weight is 752 g/mol. The number of piperidine rings is 3. The molecule has 5 N–H and O–H groups in total. The van der Waals surface area contributed by atoms with Crippen LogP contribution in [-0.2, 0) is 16.1 Å². The van der Waals surface area contributed by atoms with E-state index in [9.17, 15) is 24.6 Å². The molecule has 2 aromatic heterocycles. The summed E-state index contributed by atoms with van der Waals surface area (Å²) in [7, 11) is 0. The smallest absolute Gasteiger partial charge is 0.408 e. The molecule has 3 aliphatic heterocycles. The number of pyridine rings is 1. The number of esters is 1. The number of nitrogens with zero attached hydrogens (tertiary/aromatic N) is 2. The second-order valence-corrected chi connectivity index (χ2v) is 13.9. The highest BCUT2D eigenvalue weighted by Gasteiger charge is 2.37. The second-order valence-electron chi connectivity index (χ2n) is 13.9. The van der Waals surface area contributed by atoms with E-state index in [0.717, 1.165) is 43.6 Å². The lowest BCUT2D eigenvalue weighted by Crippen LogP contribution is -2.52. The largest absolute Gasteiger partial charge is 0.506 e. The minimum absolute atomic E-state index is 0.0306. The maximum atomic E-state index is 13.2. The molecule has 288 valence electrons. The number of phenolic OH excluding ortho intramolecular Hbond substituents is 1. The number of aliphatic hydroxyl groups is 1. The van der Waals surface area contributed by atoms with Crippen LogP contribution in [0.25, 0.3) is 10.9 Å². The summed E-state index contributed by atoms with van der Waals surface area (Å²) in [5.74, 6) is 0.455. The number of nitrogens with one attached hydrogen (secondary N) is 3. The van der Waals surface area contributed by atoms with Gasteiger partial charge in [0, 0.05) is 24.5 Å². The summed E-state index contributed by atoms with van der Waals surface area (Å²) in [6, 6.07) is 22.6. The Kier molecular flexibility index (Phi) is 12.1. The van der Waals surface area contributed by atoms with Gasteiger partial charge in [0.2, 0.25) is 11.4 Å². The van der Waals surface area contributed by atoms with Crippen LogP contribution in [0.1, 0.15) is 70.9 Å². The molecule has 14 nitrogen and oxygen atoms in total. The highest BCUT2D eigenvalue weighted by atomic mass is 16.6. The summed E-state index contributed by atoms with van der Waals surface area (Å²) in [6.07, 6.45) is 3.18. The van der Waals surface area contributed by atoms with Gasteiger partial charge in [0.15, 0.2) is 12.3 Å².